The average Bonchev–Trinajstić information content (AvgIpc) is 3.02. The predicted octanol–water partition coefficient (Wildman–Crippen LogP) is 5.01. The third-order valence-corrected chi connectivity index (χ3v) is 4.91. The molecule has 4 rings (SSSR count). The van der Waals surface area contributed by atoms with E-state index >= 15 is 0 Å². The molecule has 31 heavy (non-hydrogen) atoms. The van der Waals surface area contributed by atoms with E-state index in [-0.39, 0.29) is 39.3 Å². The molecule has 0 spiro atoms. The number of aryl methyl sites for hydroxylation is 1. The van der Waals surface area contributed by atoms with Crippen LogP contribution in [0.2, 0.25) is 0 Å². The van der Waals surface area contributed by atoms with Crippen molar-refractivity contribution in [1.29, 1.82) is 0 Å². The van der Waals surface area contributed by atoms with E-state index in [4.69, 9.17) is 0 Å². The third-order valence-electron chi connectivity index (χ3n) is 4.91. The van der Waals surface area contributed by atoms with Crippen LogP contribution in [-0.4, -0.2) is 20.5 Å². The first kappa shape index (κ1) is 19.8. The summed E-state index contributed by atoms with van der Waals surface area (Å²) in [7, 11) is 0. The molecule has 0 radical (unpaired) electrons. The number of aliphatic imine (C=N–C) groups is 1. The van der Waals surface area contributed by atoms with Crippen molar-refractivity contribution in [1.82, 2.24) is 0 Å². The Hall–Kier alpha value is -4.54. The van der Waals surface area contributed by atoms with Gasteiger partial charge in [-0.3, -0.25) is 30.3 Å². The van der Waals surface area contributed by atoms with Crippen molar-refractivity contribution in [3.63, 3.8) is 0 Å². The van der Waals surface area contributed by atoms with E-state index in [0.717, 1.165) is 18.2 Å². The molecule has 0 amide bonds. The number of fused-ring (bicyclic) bond motifs is 3. The molecule has 1 aliphatic carbocycles. The van der Waals surface area contributed by atoms with Crippen molar-refractivity contribution >= 4 is 28.5 Å². The van der Waals surface area contributed by atoms with Gasteiger partial charge in [0, 0.05) is 29.3 Å². The van der Waals surface area contributed by atoms with E-state index in [9.17, 15) is 34.7 Å². The Morgan fingerprint density at radius 2 is 1.45 bits per heavy atom. The van der Waals surface area contributed by atoms with Crippen molar-refractivity contribution < 1.29 is 19.2 Å². The van der Waals surface area contributed by atoms with Crippen molar-refractivity contribution in [3.05, 3.63) is 101 Å². The number of rotatable bonds is 4. The lowest BCUT2D eigenvalue weighted by molar-refractivity contribution is -0.393. The molecule has 0 fully saturated rings. The first-order valence-corrected chi connectivity index (χ1v) is 8.78. The number of halogens is 1. The van der Waals surface area contributed by atoms with E-state index in [2.05, 4.69) is 4.99 Å². The SMILES string of the molecule is Cc1ccc(F)cc1N=C1c2cc([N+](=O)[O-])ccc2-c2c1cc([N+](=O)[O-])cc2[N+](=O)[O-]. The Labute approximate surface area is 172 Å². The smallest absolute Gasteiger partial charge is 0.258 e. The molecule has 0 aromatic heterocycles. The molecule has 10 nitrogen and oxygen atoms in total. The van der Waals surface area contributed by atoms with Gasteiger partial charge < -0.3 is 0 Å². The lowest BCUT2D eigenvalue weighted by Crippen LogP contribution is -2.02. The first-order valence-electron chi connectivity index (χ1n) is 8.78. The lowest BCUT2D eigenvalue weighted by Gasteiger charge is -2.05. The summed E-state index contributed by atoms with van der Waals surface area (Å²) < 4.78 is 13.8. The number of benzene rings is 3. The van der Waals surface area contributed by atoms with Crippen LogP contribution in [0.3, 0.4) is 0 Å². The van der Waals surface area contributed by atoms with Crippen molar-refractivity contribution in [3.8, 4) is 11.1 Å². The van der Waals surface area contributed by atoms with E-state index in [1.165, 1.54) is 30.3 Å². The van der Waals surface area contributed by atoms with Crippen molar-refractivity contribution in [2.75, 3.05) is 0 Å². The number of nitro benzene ring substituents is 3. The Morgan fingerprint density at radius 3 is 2.10 bits per heavy atom. The summed E-state index contributed by atoms with van der Waals surface area (Å²) >= 11 is 0. The molecule has 1 aliphatic rings. The van der Waals surface area contributed by atoms with Crippen LogP contribution in [0.1, 0.15) is 16.7 Å². The molecule has 3 aromatic carbocycles. The van der Waals surface area contributed by atoms with Crippen LogP contribution in [-0.2, 0) is 0 Å². The number of hydrogen-bond donors (Lipinski definition) is 0. The fourth-order valence-electron chi connectivity index (χ4n) is 3.48. The number of nitro groups is 3. The second-order valence-electron chi connectivity index (χ2n) is 6.78. The van der Waals surface area contributed by atoms with Gasteiger partial charge >= 0.3 is 0 Å². The highest BCUT2D eigenvalue weighted by Gasteiger charge is 2.36. The largest absolute Gasteiger partial charge is 0.284 e. The number of nitrogens with zero attached hydrogens (tertiary/aromatic N) is 4. The topological polar surface area (TPSA) is 142 Å². The maximum absolute atomic E-state index is 13.8. The maximum Gasteiger partial charge on any atom is 0.284 e. The standard InChI is InChI=1S/C20H11FN4O6/c1-10-2-3-11(21)6-17(10)22-20-15-7-12(23(26)27)4-5-14(15)19-16(20)8-13(24(28)29)9-18(19)25(30)31/h2-9H,1H3. The van der Waals surface area contributed by atoms with E-state index < -0.39 is 32.0 Å². The Morgan fingerprint density at radius 1 is 0.774 bits per heavy atom. The molecule has 0 heterocycles. The minimum atomic E-state index is -0.774. The van der Waals surface area contributed by atoms with Gasteiger partial charge in [-0.05, 0) is 36.2 Å². The second-order valence-corrected chi connectivity index (χ2v) is 6.78. The Balaban J connectivity index is 2.11. The van der Waals surface area contributed by atoms with Gasteiger partial charge in [-0.2, -0.15) is 0 Å². The highest BCUT2D eigenvalue weighted by molar-refractivity contribution is 6.27. The second kappa shape index (κ2) is 7.06. The molecule has 0 aliphatic heterocycles. The molecule has 0 N–H and O–H groups in total. The molecular weight excluding hydrogens is 411 g/mol. The number of hydrogen-bond acceptors (Lipinski definition) is 7. The zero-order valence-corrected chi connectivity index (χ0v) is 15.7. The summed E-state index contributed by atoms with van der Waals surface area (Å²) in [6.45, 7) is 1.67. The average molecular weight is 422 g/mol. The van der Waals surface area contributed by atoms with Crippen LogP contribution in [0.4, 0.5) is 27.1 Å². The quantitative estimate of drug-likeness (QED) is 0.334. The van der Waals surface area contributed by atoms with Crippen molar-refractivity contribution in [2.45, 2.75) is 6.92 Å². The summed E-state index contributed by atoms with van der Waals surface area (Å²) in [5.41, 5.74) is 0.0713. The van der Waals surface area contributed by atoms with Crippen LogP contribution in [0.5, 0.6) is 0 Å². The monoisotopic (exact) mass is 422 g/mol. The van der Waals surface area contributed by atoms with E-state index in [1.807, 2.05) is 0 Å². The fraction of sp³-hybridized carbons (Fsp3) is 0.0500. The van der Waals surface area contributed by atoms with Crippen LogP contribution in [0.25, 0.3) is 11.1 Å². The van der Waals surface area contributed by atoms with Crippen molar-refractivity contribution in [2.24, 2.45) is 4.99 Å². The number of non-ortho nitro benzene ring substituents is 2. The fourth-order valence-corrected chi connectivity index (χ4v) is 3.48. The first-order chi connectivity index (χ1) is 14.7. The summed E-state index contributed by atoms with van der Waals surface area (Å²) in [6, 6.07) is 9.53. The Kier molecular flexibility index (Phi) is 4.50. The predicted molar refractivity (Wildman–Crippen MR) is 108 cm³/mol. The van der Waals surface area contributed by atoms with Gasteiger partial charge in [-0.15, -0.1) is 0 Å². The van der Waals surface area contributed by atoms with Gasteiger partial charge in [0.2, 0.25) is 0 Å². The van der Waals surface area contributed by atoms with Crippen LogP contribution in [0, 0.1) is 43.1 Å². The molecular formula is C20H11FN4O6. The highest BCUT2D eigenvalue weighted by atomic mass is 19.1. The molecule has 0 bridgehead atoms. The van der Waals surface area contributed by atoms with Crippen LogP contribution < -0.4 is 0 Å². The van der Waals surface area contributed by atoms with Crippen LogP contribution >= 0.6 is 0 Å². The summed E-state index contributed by atoms with van der Waals surface area (Å²) in [4.78, 5) is 36.6. The molecule has 11 heteroatoms. The molecule has 0 atom stereocenters. The highest BCUT2D eigenvalue weighted by Crippen LogP contribution is 2.46. The normalized spacial score (nSPS) is 13.0. The maximum atomic E-state index is 13.8. The molecule has 3 aromatic rings. The summed E-state index contributed by atoms with van der Waals surface area (Å²) in [5, 5.41) is 34.3. The summed E-state index contributed by atoms with van der Waals surface area (Å²) in [5.74, 6) is -0.576. The van der Waals surface area contributed by atoms with E-state index in [0.29, 0.717) is 5.56 Å². The van der Waals surface area contributed by atoms with Gasteiger partial charge in [0.1, 0.15) is 5.82 Å². The zero-order valence-electron chi connectivity index (χ0n) is 15.7. The summed E-state index contributed by atoms with van der Waals surface area (Å²) in [6.07, 6.45) is 0. The zero-order chi connectivity index (χ0) is 22.4. The van der Waals surface area contributed by atoms with E-state index in [1.54, 1.807) is 6.92 Å². The molecule has 0 unspecified atom stereocenters. The van der Waals surface area contributed by atoms with Gasteiger partial charge in [-0.25, -0.2) is 9.38 Å². The van der Waals surface area contributed by atoms with Gasteiger partial charge in [0.05, 0.1) is 37.8 Å². The van der Waals surface area contributed by atoms with Gasteiger partial charge in [0.15, 0.2) is 0 Å². The minimum absolute atomic E-state index is 0.0502. The molecule has 0 saturated heterocycles. The third kappa shape index (κ3) is 3.27. The van der Waals surface area contributed by atoms with Gasteiger partial charge in [0.25, 0.3) is 17.1 Å². The Bertz CT molecular complexity index is 1350. The lowest BCUT2D eigenvalue weighted by atomic mass is 10.0. The molecule has 154 valence electrons. The minimum Gasteiger partial charge on any atom is -0.258 e. The van der Waals surface area contributed by atoms with Crippen LogP contribution in [0.15, 0.2) is 53.5 Å². The molecule has 0 saturated carbocycles. The van der Waals surface area contributed by atoms with Gasteiger partial charge in [-0.1, -0.05) is 6.07 Å².